The molecule has 0 atom stereocenters. The van der Waals surface area contributed by atoms with Crippen LogP contribution < -0.4 is 5.32 Å². The van der Waals surface area contributed by atoms with Crippen LogP contribution in [-0.2, 0) is 13.1 Å². The normalized spacial score (nSPS) is 10.3. The third-order valence-corrected chi connectivity index (χ3v) is 3.32. The van der Waals surface area contributed by atoms with Crippen molar-refractivity contribution in [1.82, 2.24) is 20.1 Å². The molecule has 0 radical (unpaired) electrons. The monoisotopic (exact) mass is 289 g/mol. The Hall–Kier alpha value is -2.97. The number of aromatic nitrogens is 3. The summed E-state index contributed by atoms with van der Waals surface area (Å²) in [5, 5.41) is 20.4. The number of rotatable bonds is 5. The van der Waals surface area contributed by atoms with Gasteiger partial charge in [0.1, 0.15) is 6.33 Å². The summed E-state index contributed by atoms with van der Waals surface area (Å²) in [6, 6.07) is 19.7. The van der Waals surface area contributed by atoms with Crippen molar-refractivity contribution in [2.75, 3.05) is 0 Å². The summed E-state index contributed by atoms with van der Waals surface area (Å²) in [5.74, 6) is 0.850. The number of nitriles is 1. The highest BCUT2D eigenvalue weighted by Crippen LogP contribution is 2.09. The van der Waals surface area contributed by atoms with Crippen LogP contribution in [0.4, 0.5) is 0 Å². The van der Waals surface area contributed by atoms with Crippen molar-refractivity contribution in [2.45, 2.75) is 13.1 Å². The molecule has 3 aromatic rings. The molecule has 5 heteroatoms. The quantitative estimate of drug-likeness (QED) is 0.783. The van der Waals surface area contributed by atoms with Crippen LogP contribution in [-0.4, -0.2) is 14.8 Å². The number of nitrogens with zero attached hydrogens (tertiary/aromatic N) is 4. The number of benzene rings is 2. The molecular weight excluding hydrogens is 274 g/mol. The third-order valence-electron chi connectivity index (χ3n) is 3.32. The van der Waals surface area contributed by atoms with E-state index in [1.807, 2.05) is 53.1 Å². The molecule has 0 saturated carbocycles. The molecule has 3 rings (SSSR count). The van der Waals surface area contributed by atoms with Crippen molar-refractivity contribution in [3.8, 4) is 11.8 Å². The maximum absolute atomic E-state index is 8.91. The summed E-state index contributed by atoms with van der Waals surface area (Å²) in [7, 11) is 0. The van der Waals surface area contributed by atoms with Crippen LogP contribution in [0.3, 0.4) is 0 Å². The van der Waals surface area contributed by atoms with Crippen molar-refractivity contribution in [1.29, 1.82) is 5.26 Å². The highest BCUT2D eigenvalue weighted by atomic mass is 15.3. The Morgan fingerprint density at radius 3 is 2.73 bits per heavy atom. The van der Waals surface area contributed by atoms with Gasteiger partial charge in [0.15, 0.2) is 5.82 Å². The minimum Gasteiger partial charge on any atom is -0.306 e. The van der Waals surface area contributed by atoms with Crippen molar-refractivity contribution in [3.63, 3.8) is 0 Å². The van der Waals surface area contributed by atoms with E-state index in [9.17, 15) is 0 Å². The van der Waals surface area contributed by atoms with Crippen molar-refractivity contribution < 1.29 is 0 Å². The minimum absolute atomic E-state index is 0.603. The largest absolute Gasteiger partial charge is 0.306 e. The molecule has 0 unspecified atom stereocenters. The van der Waals surface area contributed by atoms with Crippen molar-refractivity contribution in [3.05, 3.63) is 77.9 Å². The smallest absolute Gasteiger partial charge is 0.151 e. The van der Waals surface area contributed by atoms with Crippen LogP contribution in [0.2, 0.25) is 0 Å². The first-order chi connectivity index (χ1) is 10.9. The lowest BCUT2D eigenvalue weighted by atomic mass is 10.1. The molecule has 0 bridgehead atoms. The van der Waals surface area contributed by atoms with Crippen molar-refractivity contribution >= 4 is 0 Å². The number of para-hydroxylation sites is 1. The molecule has 0 saturated heterocycles. The summed E-state index contributed by atoms with van der Waals surface area (Å²) < 4.78 is 1.96. The van der Waals surface area contributed by atoms with Gasteiger partial charge < -0.3 is 5.32 Å². The number of hydrogen-bond donors (Lipinski definition) is 1. The molecule has 1 aromatic heterocycles. The van der Waals surface area contributed by atoms with Gasteiger partial charge in [0, 0.05) is 12.2 Å². The van der Waals surface area contributed by atoms with Crippen LogP contribution in [0, 0.1) is 11.3 Å². The van der Waals surface area contributed by atoms with E-state index in [1.165, 1.54) is 0 Å². The lowest BCUT2D eigenvalue weighted by Crippen LogP contribution is -2.16. The van der Waals surface area contributed by atoms with Crippen LogP contribution in [0.1, 0.15) is 17.0 Å². The first kappa shape index (κ1) is 14.0. The second-order valence-corrected chi connectivity index (χ2v) is 4.87. The molecule has 0 aliphatic carbocycles. The highest BCUT2D eigenvalue weighted by Gasteiger charge is 2.05. The fourth-order valence-electron chi connectivity index (χ4n) is 2.25. The summed E-state index contributed by atoms with van der Waals surface area (Å²) in [4.78, 5) is 0. The maximum Gasteiger partial charge on any atom is 0.151 e. The zero-order chi connectivity index (χ0) is 15.2. The fourth-order valence-corrected chi connectivity index (χ4v) is 2.25. The second-order valence-electron chi connectivity index (χ2n) is 4.87. The molecular formula is C17H15N5. The van der Waals surface area contributed by atoms with Gasteiger partial charge in [-0.1, -0.05) is 30.3 Å². The van der Waals surface area contributed by atoms with Crippen LogP contribution in [0.5, 0.6) is 0 Å². The average Bonchev–Trinajstić information content (AvgIpc) is 3.04. The molecule has 0 fully saturated rings. The van der Waals surface area contributed by atoms with Crippen molar-refractivity contribution in [2.24, 2.45) is 0 Å². The van der Waals surface area contributed by atoms with Crippen LogP contribution >= 0.6 is 0 Å². The zero-order valence-corrected chi connectivity index (χ0v) is 12.0. The Balaban J connectivity index is 1.66. The average molecular weight is 289 g/mol. The van der Waals surface area contributed by atoms with E-state index >= 15 is 0 Å². The predicted octanol–water partition coefficient (Wildman–Crippen LogP) is 2.43. The Labute approximate surface area is 128 Å². The van der Waals surface area contributed by atoms with E-state index in [0.717, 1.165) is 17.1 Å². The highest BCUT2D eigenvalue weighted by molar-refractivity contribution is 5.33. The predicted molar refractivity (Wildman–Crippen MR) is 83.1 cm³/mol. The van der Waals surface area contributed by atoms with Gasteiger partial charge in [-0.3, -0.25) is 4.57 Å². The van der Waals surface area contributed by atoms with E-state index in [4.69, 9.17) is 5.26 Å². The molecule has 22 heavy (non-hydrogen) atoms. The first-order valence-corrected chi connectivity index (χ1v) is 7.01. The molecule has 108 valence electrons. The van der Waals surface area contributed by atoms with Crippen LogP contribution in [0.25, 0.3) is 5.69 Å². The van der Waals surface area contributed by atoms with Gasteiger partial charge in [0.25, 0.3) is 0 Å². The zero-order valence-electron chi connectivity index (χ0n) is 12.0. The summed E-state index contributed by atoms with van der Waals surface area (Å²) >= 11 is 0. The van der Waals surface area contributed by atoms with Gasteiger partial charge in [0.05, 0.1) is 18.2 Å². The van der Waals surface area contributed by atoms with E-state index in [2.05, 4.69) is 21.6 Å². The number of nitrogens with one attached hydrogen (secondary N) is 1. The maximum atomic E-state index is 8.91. The van der Waals surface area contributed by atoms with E-state index in [0.29, 0.717) is 18.7 Å². The number of hydrogen-bond acceptors (Lipinski definition) is 4. The Morgan fingerprint density at radius 1 is 1.05 bits per heavy atom. The van der Waals surface area contributed by atoms with E-state index in [1.54, 1.807) is 12.4 Å². The summed E-state index contributed by atoms with van der Waals surface area (Å²) in [6.07, 6.45) is 1.71. The third kappa shape index (κ3) is 3.19. The molecule has 0 aliphatic heterocycles. The fraction of sp³-hybridized carbons (Fsp3) is 0.118. The van der Waals surface area contributed by atoms with Gasteiger partial charge in [0.2, 0.25) is 0 Å². The van der Waals surface area contributed by atoms with Gasteiger partial charge in [-0.2, -0.15) is 5.26 Å². The molecule has 1 N–H and O–H groups in total. The molecule has 0 spiro atoms. The molecule has 0 aliphatic rings. The molecule has 0 amide bonds. The second kappa shape index (κ2) is 6.66. The van der Waals surface area contributed by atoms with Gasteiger partial charge in [-0.05, 0) is 29.8 Å². The lowest BCUT2D eigenvalue weighted by molar-refractivity contribution is 0.651. The van der Waals surface area contributed by atoms with E-state index in [-0.39, 0.29) is 0 Å². The van der Waals surface area contributed by atoms with Gasteiger partial charge in [-0.25, -0.2) is 0 Å². The molecule has 1 heterocycles. The van der Waals surface area contributed by atoms with Gasteiger partial charge >= 0.3 is 0 Å². The Morgan fingerprint density at radius 2 is 1.91 bits per heavy atom. The minimum atomic E-state index is 0.603. The standard InChI is InChI=1S/C17H15N5/c18-10-14-5-4-6-15(9-14)11-19-12-17-21-20-13-22(17)16-7-2-1-3-8-16/h1-9,13,19H,11-12H2. The molecule has 5 nitrogen and oxygen atoms in total. The van der Waals surface area contributed by atoms with Crippen LogP contribution in [0.15, 0.2) is 60.9 Å². The topological polar surface area (TPSA) is 66.5 Å². The van der Waals surface area contributed by atoms with Gasteiger partial charge in [-0.15, -0.1) is 10.2 Å². The summed E-state index contributed by atoms with van der Waals surface area (Å²) in [5.41, 5.74) is 2.78. The lowest BCUT2D eigenvalue weighted by Gasteiger charge is -2.08. The summed E-state index contributed by atoms with van der Waals surface area (Å²) in [6.45, 7) is 1.28. The Kier molecular flexibility index (Phi) is 4.23. The van der Waals surface area contributed by atoms with E-state index < -0.39 is 0 Å². The SMILES string of the molecule is N#Cc1cccc(CNCc2nncn2-c2ccccc2)c1. The first-order valence-electron chi connectivity index (χ1n) is 7.01. The Bertz CT molecular complexity index is 786. The molecule has 2 aromatic carbocycles.